The van der Waals surface area contributed by atoms with Crippen molar-refractivity contribution in [2.45, 2.75) is 58.5 Å². The molecule has 122 valence electrons. The van der Waals surface area contributed by atoms with Gasteiger partial charge in [0.1, 0.15) is 0 Å². The number of likely N-dealkylation sites (N-methyl/N-ethyl adjacent to an activating group) is 1. The molecule has 20 heavy (non-hydrogen) atoms. The number of amides is 1. The third kappa shape index (κ3) is 6.61. The first kappa shape index (κ1) is 22.3. The van der Waals surface area contributed by atoms with Crippen LogP contribution in [0.4, 0.5) is 0 Å². The standard InChI is InChI=1S/C14H29N3O.2ClH/c1-5-17(6-2)11-12(3)16-13(18)14(4)9-7-8-10-15-14;;/h12,15H,5-11H2,1-4H3,(H,16,18);2*1H. The van der Waals surface area contributed by atoms with Gasteiger partial charge in [0.15, 0.2) is 0 Å². The largest absolute Gasteiger partial charge is 0.351 e. The van der Waals surface area contributed by atoms with E-state index in [9.17, 15) is 4.79 Å². The quantitative estimate of drug-likeness (QED) is 0.786. The van der Waals surface area contributed by atoms with Gasteiger partial charge >= 0.3 is 0 Å². The Balaban J connectivity index is 0. The Bertz CT molecular complexity index is 267. The summed E-state index contributed by atoms with van der Waals surface area (Å²) in [6, 6.07) is 0.206. The maximum absolute atomic E-state index is 12.3. The molecule has 6 heteroatoms. The lowest BCUT2D eigenvalue weighted by Gasteiger charge is -2.35. The molecule has 0 aromatic heterocycles. The van der Waals surface area contributed by atoms with Crippen LogP contribution in [0.2, 0.25) is 0 Å². The second-order valence-corrected chi connectivity index (χ2v) is 5.58. The first-order valence-corrected chi connectivity index (χ1v) is 7.30. The maximum atomic E-state index is 12.3. The van der Waals surface area contributed by atoms with Crippen LogP contribution in [0.1, 0.15) is 47.0 Å². The van der Waals surface area contributed by atoms with Crippen LogP contribution < -0.4 is 10.6 Å². The molecule has 1 amide bonds. The van der Waals surface area contributed by atoms with Gasteiger partial charge in [0.05, 0.1) is 5.54 Å². The third-order valence-electron chi connectivity index (χ3n) is 3.92. The monoisotopic (exact) mass is 327 g/mol. The Labute approximate surface area is 136 Å². The van der Waals surface area contributed by atoms with Crippen molar-refractivity contribution < 1.29 is 4.79 Å². The summed E-state index contributed by atoms with van der Waals surface area (Å²) in [5, 5.41) is 6.50. The summed E-state index contributed by atoms with van der Waals surface area (Å²) in [5.41, 5.74) is -0.365. The fraction of sp³-hybridized carbons (Fsp3) is 0.929. The molecule has 0 aromatic rings. The molecule has 0 aromatic carbocycles. The third-order valence-corrected chi connectivity index (χ3v) is 3.92. The average Bonchev–Trinajstić information content (AvgIpc) is 2.36. The van der Waals surface area contributed by atoms with E-state index in [4.69, 9.17) is 0 Å². The van der Waals surface area contributed by atoms with Gasteiger partial charge in [-0.25, -0.2) is 0 Å². The minimum Gasteiger partial charge on any atom is -0.351 e. The number of carbonyl (C=O) groups excluding carboxylic acids is 1. The van der Waals surface area contributed by atoms with Crippen LogP contribution in [-0.2, 0) is 4.79 Å². The topological polar surface area (TPSA) is 44.4 Å². The van der Waals surface area contributed by atoms with Crippen LogP contribution in [0.5, 0.6) is 0 Å². The smallest absolute Gasteiger partial charge is 0.240 e. The highest BCUT2D eigenvalue weighted by molar-refractivity contribution is 5.86. The van der Waals surface area contributed by atoms with Crippen LogP contribution in [0.3, 0.4) is 0 Å². The lowest BCUT2D eigenvalue weighted by atomic mass is 9.90. The normalized spacial score (nSPS) is 23.4. The van der Waals surface area contributed by atoms with E-state index in [0.29, 0.717) is 0 Å². The summed E-state index contributed by atoms with van der Waals surface area (Å²) in [7, 11) is 0. The van der Waals surface area contributed by atoms with E-state index >= 15 is 0 Å². The molecule has 1 fully saturated rings. The van der Waals surface area contributed by atoms with E-state index in [1.165, 1.54) is 6.42 Å². The maximum Gasteiger partial charge on any atom is 0.240 e. The summed E-state index contributed by atoms with van der Waals surface area (Å²) in [4.78, 5) is 14.6. The minimum absolute atomic E-state index is 0. The zero-order valence-electron chi connectivity index (χ0n) is 13.2. The Morgan fingerprint density at radius 2 is 1.90 bits per heavy atom. The summed E-state index contributed by atoms with van der Waals surface area (Å²) >= 11 is 0. The number of hydrogen-bond acceptors (Lipinski definition) is 3. The molecule has 0 radical (unpaired) electrons. The van der Waals surface area contributed by atoms with Crippen molar-refractivity contribution in [1.82, 2.24) is 15.5 Å². The fourth-order valence-electron chi connectivity index (χ4n) is 2.55. The molecular formula is C14H31Cl2N3O. The number of rotatable bonds is 6. The van der Waals surface area contributed by atoms with E-state index in [1.54, 1.807) is 0 Å². The van der Waals surface area contributed by atoms with E-state index in [-0.39, 0.29) is 42.3 Å². The van der Waals surface area contributed by atoms with Gasteiger partial charge < -0.3 is 15.5 Å². The Morgan fingerprint density at radius 1 is 1.30 bits per heavy atom. The van der Waals surface area contributed by atoms with Gasteiger partial charge in [-0.05, 0) is 52.7 Å². The van der Waals surface area contributed by atoms with E-state index in [1.807, 2.05) is 6.92 Å². The Morgan fingerprint density at radius 3 is 2.35 bits per heavy atom. The second-order valence-electron chi connectivity index (χ2n) is 5.58. The van der Waals surface area contributed by atoms with Gasteiger partial charge in [-0.1, -0.05) is 13.8 Å². The molecule has 2 N–H and O–H groups in total. The van der Waals surface area contributed by atoms with Crippen LogP contribution in [-0.4, -0.2) is 48.6 Å². The highest BCUT2D eigenvalue weighted by atomic mass is 35.5. The number of hydrogen-bond donors (Lipinski definition) is 2. The lowest BCUT2D eigenvalue weighted by molar-refractivity contribution is -0.128. The number of halogens is 2. The van der Waals surface area contributed by atoms with Crippen molar-refractivity contribution in [2.24, 2.45) is 0 Å². The molecule has 1 rings (SSSR count). The van der Waals surface area contributed by atoms with Gasteiger partial charge in [0.25, 0.3) is 0 Å². The van der Waals surface area contributed by atoms with Crippen molar-refractivity contribution in [1.29, 1.82) is 0 Å². The van der Waals surface area contributed by atoms with Gasteiger partial charge in [-0.15, -0.1) is 24.8 Å². The first-order chi connectivity index (χ1) is 8.51. The second kappa shape index (κ2) is 10.7. The van der Waals surface area contributed by atoms with Gasteiger partial charge in [0, 0.05) is 12.6 Å². The van der Waals surface area contributed by atoms with E-state index < -0.39 is 0 Å². The molecule has 1 aliphatic heterocycles. The highest BCUT2D eigenvalue weighted by Gasteiger charge is 2.34. The van der Waals surface area contributed by atoms with Crippen LogP contribution in [0.15, 0.2) is 0 Å². The molecule has 0 bridgehead atoms. The number of piperidine rings is 1. The molecule has 0 aliphatic carbocycles. The average molecular weight is 328 g/mol. The van der Waals surface area contributed by atoms with Crippen LogP contribution in [0.25, 0.3) is 0 Å². The molecule has 0 saturated carbocycles. The Kier molecular flexibility index (Phi) is 11.9. The van der Waals surface area contributed by atoms with Crippen LogP contribution in [0, 0.1) is 0 Å². The minimum atomic E-state index is -0.365. The number of carbonyl (C=O) groups is 1. The van der Waals surface area contributed by atoms with Crippen LogP contribution >= 0.6 is 24.8 Å². The van der Waals surface area contributed by atoms with Crippen molar-refractivity contribution in [3.63, 3.8) is 0 Å². The first-order valence-electron chi connectivity index (χ1n) is 7.30. The number of nitrogens with one attached hydrogen (secondary N) is 2. The van der Waals surface area contributed by atoms with Gasteiger partial charge in [-0.2, -0.15) is 0 Å². The fourth-order valence-corrected chi connectivity index (χ4v) is 2.55. The summed E-state index contributed by atoms with van der Waals surface area (Å²) in [6.07, 6.45) is 3.26. The summed E-state index contributed by atoms with van der Waals surface area (Å²) in [5.74, 6) is 0.154. The van der Waals surface area contributed by atoms with Gasteiger partial charge in [-0.3, -0.25) is 4.79 Å². The van der Waals surface area contributed by atoms with Crippen molar-refractivity contribution in [3.05, 3.63) is 0 Å². The van der Waals surface area contributed by atoms with Crippen molar-refractivity contribution >= 4 is 30.7 Å². The summed E-state index contributed by atoms with van der Waals surface area (Å²) < 4.78 is 0. The van der Waals surface area contributed by atoms with E-state index in [2.05, 4.69) is 36.3 Å². The molecule has 4 nitrogen and oxygen atoms in total. The molecule has 1 heterocycles. The molecule has 1 saturated heterocycles. The predicted molar refractivity (Wildman–Crippen MR) is 90.1 cm³/mol. The lowest BCUT2D eigenvalue weighted by Crippen LogP contribution is -2.59. The van der Waals surface area contributed by atoms with E-state index in [0.717, 1.165) is 39.0 Å². The SMILES string of the molecule is CCN(CC)CC(C)NC(=O)C1(C)CCCCN1.Cl.Cl. The predicted octanol–water partition coefficient (Wildman–Crippen LogP) is 2.21. The molecule has 0 spiro atoms. The molecular weight excluding hydrogens is 297 g/mol. The van der Waals surface area contributed by atoms with Crippen molar-refractivity contribution in [2.75, 3.05) is 26.2 Å². The Hall–Kier alpha value is -0.0300. The highest BCUT2D eigenvalue weighted by Crippen LogP contribution is 2.18. The molecule has 2 atom stereocenters. The molecule has 1 aliphatic rings. The van der Waals surface area contributed by atoms with Gasteiger partial charge in [0.2, 0.25) is 5.91 Å². The zero-order chi connectivity index (χ0) is 13.6. The zero-order valence-corrected chi connectivity index (χ0v) is 14.8. The number of nitrogens with zero attached hydrogens (tertiary/aromatic N) is 1. The van der Waals surface area contributed by atoms with Crippen molar-refractivity contribution in [3.8, 4) is 0 Å². The summed E-state index contributed by atoms with van der Waals surface area (Å²) in [6.45, 7) is 12.4. The molecule has 2 unspecified atom stereocenters.